The van der Waals surface area contributed by atoms with Crippen molar-refractivity contribution in [2.75, 3.05) is 37.9 Å². The molecule has 0 radical (unpaired) electrons. The average Bonchev–Trinajstić information content (AvgIpc) is 2.96. The summed E-state index contributed by atoms with van der Waals surface area (Å²) in [5.41, 5.74) is 1.21. The van der Waals surface area contributed by atoms with Gasteiger partial charge in [-0.2, -0.15) is 4.98 Å². The smallest absolute Gasteiger partial charge is 0.321 e. The van der Waals surface area contributed by atoms with E-state index in [4.69, 9.17) is 0 Å². The highest BCUT2D eigenvalue weighted by molar-refractivity contribution is 5.87. The summed E-state index contributed by atoms with van der Waals surface area (Å²) in [4.78, 5) is 24.9. The second-order valence-corrected chi connectivity index (χ2v) is 6.46. The first kappa shape index (κ1) is 17.2. The number of benzene rings is 1. The van der Waals surface area contributed by atoms with Crippen LogP contribution in [0.15, 0.2) is 42.6 Å². The van der Waals surface area contributed by atoms with Crippen LogP contribution in [0.3, 0.4) is 0 Å². The topological polar surface area (TPSA) is 73.4 Å². The number of urea groups is 1. The molecule has 25 heavy (non-hydrogen) atoms. The maximum absolute atomic E-state index is 12.4. The second-order valence-electron chi connectivity index (χ2n) is 6.46. The van der Waals surface area contributed by atoms with E-state index >= 15 is 0 Å². The number of anilines is 2. The van der Waals surface area contributed by atoms with E-state index in [2.05, 4.69) is 44.7 Å². The molecular weight excluding hydrogens is 316 g/mol. The van der Waals surface area contributed by atoms with Crippen molar-refractivity contribution in [3.05, 3.63) is 48.2 Å². The summed E-state index contributed by atoms with van der Waals surface area (Å²) in [6.45, 7) is 0.942. The third-order valence-electron chi connectivity index (χ3n) is 4.43. The minimum atomic E-state index is -0.280. The van der Waals surface area contributed by atoms with E-state index in [-0.39, 0.29) is 18.1 Å². The van der Waals surface area contributed by atoms with Crippen LogP contribution >= 0.6 is 0 Å². The summed E-state index contributed by atoms with van der Waals surface area (Å²) in [6.07, 6.45) is 2.54. The number of hydrogen-bond acceptors (Lipinski definition) is 5. The predicted molar refractivity (Wildman–Crippen MR) is 98.7 cm³/mol. The van der Waals surface area contributed by atoms with Crippen molar-refractivity contribution in [2.45, 2.75) is 18.5 Å². The number of amides is 2. The van der Waals surface area contributed by atoms with Crippen molar-refractivity contribution >= 4 is 17.8 Å². The van der Waals surface area contributed by atoms with Crippen LogP contribution in [0.4, 0.5) is 16.6 Å². The van der Waals surface area contributed by atoms with Crippen molar-refractivity contribution in [1.82, 2.24) is 20.2 Å². The number of aromatic nitrogens is 2. The predicted octanol–water partition coefficient (Wildman–Crippen LogP) is 2.11. The van der Waals surface area contributed by atoms with Crippen LogP contribution in [0.1, 0.15) is 18.0 Å². The van der Waals surface area contributed by atoms with E-state index in [9.17, 15) is 4.79 Å². The molecule has 1 fully saturated rings. The van der Waals surface area contributed by atoms with Gasteiger partial charge in [-0.05, 0) is 25.1 Å². The lowest BCUT2D eigenvalue weighted by Crippen LogP contribution is -2.41. The van der Waals surface area contributed by atoms with Crippen molar-refractivity contribution in [3.63, 3.8) is 0 Å². The van der Waals surface area contributed by atoms with Gasteiger partial charge in [0.1, 0.15) is 5.82 Å². The van der Waals surface area contributed by atoms with Gasteiger partial charge >= 0.3 is 6.03 Å². The molecule has 1 aromatic carbocycles. The summed E-state index contributed by atoms with van der Waals surface area (Å²) >= 11 is 0. The van der Waals surface area contributed by atoms with Gasteiger partial charge in [0.2, 0.25) is 5.95 Å². The fraction of sp³-hybridized carbons (Fsp3) is 0.389. The van der Waals surface area contributed by atoms with Crippen LogP contribution in [-0.4, -0.2) is 54.6 Å². The van der Waals surface area contributed by atoms with Gasteiger partial charge in [-0.25, -0.2) is 9.78 Å². The van der Waals surface area contributed by atoms with Crippen LogP contribution in [0.2, 0.25) is 0 Å². The number of nitrogens with one attached hydrogen (secondary N) is 2. The molecule has 1 aromatic heterocycles. The zero-order valence-corrected chi connectivity index (χ0v) is 14.8. The number of likely N-dealkylation sites (tertiary alicyclic amines) is 1. The molecule has 2 N–H and O–H groups in total. The number of carbonyl (C=O) groups excluding carboxylic acids is 1. The molecule has 1 aliphatic heterocycles. The molecular formula is C18H24N6O. The normalized spacial score (nSPS) is 20.3. The fourth-order valence-corrected chi connectivity index (χ4v) is 3.20. The van der Waals surface area contributed by atoms with Crippen LogP contribution < -0.4 is 15.5 Å². The lowest BCUT2D eigenvalue weighted by atomic mass is 10.0. The molecule has 2 aromatic rings. The maximum Gasteiger partial charge on any atom is 0.321 e. The Kier molecular flexibility index (Phi) is 5.14. The zero-order valence-electron chi connectivity index (χ0n) is 14.8. The highest BCUT2D eigenvalue weighted by Gasteiger charge is 2.33. The first-order valence-electron chi connectivity index (χ1n) is 8.37. The largest absolute Gasteiger partial charge is 0.363 e. The second kappa shape index (κ2) is 7.48. The lowest BCUT2D eigenvalue weighted by Gasteiger charge is -2.26. The minimum absolute atomic E-state index is 0.0458. The van der Waals surface area contributed by atoms with Gasteiger partial charge in [-0.1, -0.05) is 30.3 Å². The molecule has 2 atom stereocenters. The van der Waals surface area contributed by atoms with Crippen LogP contribution in [0.25, 0.3) is 0 Å². The molecule has 1 saturated heterocycles. The number of hydrogen-bond donors (Lipinski definition) is 2. The molecule has 132 valence electrons. The Labute approximate surface area is 148 Å². The molecule has 0 bridgehead atoms. The number of carbonyl (C=O) groups is 1. The Balaban J connectivity index is 1.67. The Morgan fingerprint density at radius 3 is 2.72 bits per heavy atom. The highest BCUT2D eigenvalue weighted by Crippen LogP contribution is 2.30. The van der Waals surface area contributed by atoms with E-state index in [1.807, 2.05) is 37.2 Å². The van der Waals surface area contributed by atoms with Gasteiger partial charge in [-0.15, -0.1) is 0 Å². The number of likely N-dealkylation sites (N-methyl/N-ethyl adjacent to an activating group) is 1. The van der Waals surface area contributed by atoms with E-state index in [0.717, 1.165) is 18.8 Å². The van der Waals surface area contributed by atoms with Crippen molar-refractivity contribution in [1.29, 1.82) is 0 Å². The van der Waals surface area contributed by atoms with E-state index in [0.29, 0.717) is 5.95 Å². The minimum Gasteiger partial charge on any atom is -0.363 e. The molecule has 0 saturated carbocycles. The molecule has 0 spiro atoms. The summed E-state index contributed by atoms with van der Waals surface area (Å²) in [5, 5.41) is 5.80. The summed E-state index contributed by atoms with van der Waals surface area (Å²) in [5.74, 6) is 1.04. The van der Waals surface area contributed by atoms with Crippen LogP contribution in [0.5, 0.6) is 0 Å². The average molecular weight is 340 g/mol. The third-order valence-corrected chi connectivity index (χ3v) is 4.43. The SMILES string of the molecule is CN(C)c1ccnc(NC(=O)N[C@@H]2CCN(C)[C@H]2c2ccccc2)n1. The molecule has 1 aliphatic rings. The summed E-state index contributed by atoms with van der Waals surface area (Å²) < 4.78 is 0. The molecule has 2 heterocycles. The molecule has 7 heteroatoms. The molecule has 7 nitrogen and oxygen atoms in total. The van der Waals surface area contributed by atoms with E-state index in [1.54, 1.807) is 12.3 Å². The maximum atomic E-state index is 12.4. The Morgan fingerprint density at radius 1 is 1.24 bits per heavy atom. The molecule has 0 aliphatic carbocycles. The molecule has 0 unspecified atom stereocenters. The quantitative estimate of drug-likeness (QED) is 0.892. The summed E-state index contributed by atoms with van der Waals surface area (Å²) in [7, 11) is 5.87. The third kappa shape index (κ3) is 4.06. The van der Waals surface area contributed by atoms with Crippen LogP contribution in [0, 0.1) is 0 Å². The lowest BCUT2D eigenvalue weighted by molar-refractivity contribution is 0.240. The summed E-state index contributed by atoms with van der Waals surface area (Å²) in [6, 6.07) is 12.0. The van der Waals surface area contributed by atoms with Gasteiger partial charge in [0.05, 0.1) is 12.1 Å². The van der Waals surface area contributed by atoms with Gasteiger partial charge in [-0.3, -0.25) is 10.2 Å². The van der Waals surface area contributed by atoms with Crippen molar-refractivity contribution in [2.24, 2.45) is 0 Å². The van der Waals surface area contributed by atoms with E-state index in [1.165, 1.54) is 5.56 Å². The Bertz CT molecular complexity index is 721. The van der Waals surface area contributed by atoms with Crippen molar-refractivity contribution < 1.29 is 4.79 Å². The number of rotatable bonds is 4. The molecule has 3 rings (SSSR count). The zero-order chi connectivity index (χ0) is 17.8. The fourth-order valence-electron chi connectivity index (χ4n) is 3.20. The standard InChI is InChI=1S/C18H24N6O/c1-23(2)15-9-11-19-17(21-15)22-18(25)20-14-10-12-24(3)16(14)13-7-5-4-6-8-13/h4-9,11,14,16H,10,12H2,1-3H3,(H2,19,20,21,22,25)/t14-,16+/m1/s1. The monoisotopic (exact) mass is 340 g/mol. The Morgan fingerprint density at radius 2 is 2.00 bits per heavy atom. The Hall–Kier alpha value is -2.67. The van der Waals surface area contributed by atoms with Crippen LogP contribution in [-0.2, 0) is 0 Å². The first-order chi connectivity index (χ1) is 12.0. The molecule has 2 amide bonds. The van der Waals surface area contributed by atoms with Gasteiger partial charge in [0.15, 0.2) is 0 Å². The van der Waals surface area contributed by atoms with E-state index < -0.39 is 0 Å². The highest BCUT2D eigenvalue weighted by atomic mass is 16.2. The van der Waals surface area contributed by atoms with Gasteiger partial charge < -0.3 is 10.2 Å². The van der Waals surface area contributed by atoms with Gasteiger partial charge in [0, 0.05) is 26.8 Å². The first-order valence-corrected chi connectivity index (χ1v) is 8.37. The number of nitrogens with zero attached hydrogens (tertiary/aromatic N) is 4. The van der Waals surface area contributed by atoms with Gasteiger partial charge in [0.25, 0.3) is 0 Å². The van der Waals surface area contributed by atoms with Crippen molar-refractivity contribution in [3.8, 4) is 0 Å².